The van der Waals surface area contributed by atoms with Gasteiger partial charge in [0.1, 0.15) is 11.9 Å². The summed E-state index contributed by atoms with van der Waals surface area (Å²) in [5.74, 6) is 0.978. The summed E-state index contributed by atoms with van der Waals surface area (Å²) < 4.78 is 5.47. The van der Waals surface area contributed by atoms with Crippen LogP contribution < -0.4 is 4.74 Å². The van der Waals surface area contributed by atoms with Crippen LogP contribution >= 0.6 is 0 Å². The summed E-state index contributed by atoms with van der Waals surface area (Å²) in [6.45, 7) is 2.16. The Kier molecular flexibility index (Phi) is 6.38. The minimum atomic E-state index is -0.678. The third-order valence-electron chi connectivity index (χ3n) is 6.04. The highest BCUT2D eigenvalue weighted by Gasteiger charge is 2.41. The molecule has 2 aliphatic carbocycles. The summed E-state index contributed by atoms with van der Waals surface area (Å²) in [6.07, 6.45) is 5.43. The van der Waals surface area contributed by atoms with Gasteiger partial charge >= 0.3 is 0 Å². The molecule has 0 saturated heterocycles. The Bertz CT molecular complexity index is 652. The van der Waals surface area contributed by atoms with Crippen LogP contribution in [0.25, 0.3) is 0 Å². The smallest absolute Gasteiger partial charge is 0.122 e. The van der Waals surface area contributed by atoms with Crippen LogP contribution in [0.5, 0.6) is 5.75 Å². The molecule has 0 aliphatic heterocycles. The monoisotopic (exact) mass is 360 g/mol. The second-order valence-electron chi connectivity index (χ2n) is 7.75. The van der Waals surface area contributed by atoms with Crippen molar-refractivity contribution in [2.45, 2.75) is 76.6 Å². The maximum absolute atomic E-state index is 11.0. The minimum absolute atomic E-state index is 0.163. The summed E-state index contributed by atoms with van der Waals surface area (Å²) in [5.41, 5.74) is 3.89. The Morgan fingerprint density at radius 2 is 2.00 bits per heavy atom. The van der Waals surface area contributed by atoms with Crippen LogP contribution in [-0.4, -0.2) is 34.6 Å². The predicted octanol–water partition coefficient (Wildman–Crippen LogP) is 3.68. The van der Waals surface area contributed by atoms with Gasteiger partial charge in [0.05, 0.1) is 19.3 Å². The van der Waals surface area contributed by atoms with Crippen molar-refractivity contribution in [3.05, 3.63) is 40.5 Å². The van der Waals surface area contributed by atoms with Crippen LogP contribution in [0.15, 0.2) is 29.3 Å². The van der Waals surface area contributed by atoms with Crippen molar-refractivity contribution < 1.29 is 20.1 Å². The average molecular weight is 360 g/mol. The van der Waals surface area contributed by atoms with Gasteiger partial charge in [0.25, 0.3) is 0 Å². The summed E-state index contributed by atoms with van der Waals surface area (Å²) >= 11 is 0. The molecule has 0 aromatic heterocycles. The number of benzene rings is 1. The van der Waals surface area contributed by atoms with Crippen LogP contribution in [-0.2, 0) is 6.42 Å². The van der Waals surface area contributed by atoms with E-state index in [2.05, 4.69) is 6.92 Å². The lowest BCUT2D eigenvalue weighted by Crippen LogP contribution is -2.20. The van der Waals surface area contributed by atoms with E-state index in [0.29, 0.717) is 19.3 Å². The van der Waals surface area contributed by atoms with E-state index in [1.165, 1.54) is 0 Å². The van der Waals surface area contributed by atoms with Gasteiger partial charge in [0, 0.05) is 5.56 Å². The number of unbranched alkanes of at least 4 members (excludes halogenated alkanes) is 2. The minimum Gasteiger partial charge on any atom is -0.496 e. The van der Waals surface area contributed by atoms with Gasteiger partial charge in [-0.1, -0.05) is 38.3 Å². The van der Waals surface area contributed by atoms with E-state index in [0.717, 1.165) is 60.1 Å². The molecule has 4 heteroatoms. The van der Waals surface area contributed by atoms with Gasteiger partial charge in [-0.25, -0.2) is 0 Å². The molecule has 4 nitrogen and oxygen atoms in total. The molecule has 1 aromatic carbocycles. The van der Waals surface area contributed by atoms with Crippen molar-refractivity contribution in [3.63, 3.8) is 0 Å². The first kappa shape index (κ1) is 19.4. The summed E-state index contributed by atoms with van der Waals surface area (Å²) in [5, 5.41) is 31.8. The maximum atomic E-state index is 11.0. The van der Waals surface area contributed by atoms with Crippen molar-refractivity contribution in [2.75, 3.05) is 7.11 Å². The van der Waals surface area contributed by atoms with Crippen LogP contribution in [0.4, 0.5) is 0 Å². The molecule has 0 radical (unpaired) electrons. The molecule has 0 saturated carbocycles. The lowest BCUT2D eigenvalue weighted by Gasteiger charge is -2.30. The molecular formula is C22H32O4. The first-order valence-corrected chi connectivity index (χ1v) is 9.99. The number of rotatable bonds is 8. The largest absolute Gasteiger partial charge is 0.496 e. The Labute approximate surface area is 156 Å². The molecule has 3 rings (SSSR count). The Balaban J connectivity index is 1.77. The van der Waals surface area contributed by atoms with Crippen molar-refractivity contribution in [1.29, 1.82) is 0 Å². The molecule has 144 valence electrons. The Morgan fingerprint density at radius 3 is 2.73 bits per heavy atom. The van der Waals surface area contributed by atoms with Crippen LogP contribution in [0.2, 0.25) is 0 Å². The van der Waals surface area contributed by atoms with E-state index >= 15 is 0 Å². The van der Waals surface area contributed by atoms with Crippen molar-refractivity contribution in [3.8, 4) is 5.75 Å². The lowest BCUT2D eigenvalue weighted by molar-refractivity contribution is 0.145. The number of ether oxygens (including phenoxy) is 1. The molecule has 3 N–H and O–H groups in total. The third-order valence-corrected chi connectivity index (χ3v) is 6.04. The van der Waals surface area contributed by atoms with E-state index in [-0.39, 0.29) is 12.0 Å². The topological polar surface area (TPSA) is 69.9 Å². The number of hydrogen-bond donors (Lipinski definition) is 3. The Hall–Kier alpha value is -1.36. The van der Waals surface area contributed by atoms with E-state index in [9.17, 15) is 15.3 Å². The van der Waals surface area contributed by atoms with E-state index in [1.807, 2.05) is 18.2 Å². The highest BCUT2D eigenvalue weighted by Crippen LogP contribution is 2.49. The standard InChI is InChI=1S/C22H32O4/c1-3-4-5-7-15(23)10-11-17-19(24)13-14-12-18-16(22(25)21(14)17)8-6-9-20(18)26-2/h6,8-9,14-15,19,22-25H,3-5,7,10-13H2,1-2H3/t14-,15-,19+,22+/m0/s1. The van der Waals surface area contributed by atoms with E-state index in [4.69, 9.17) is 4.74 Å². The second kappa shape index (κ2) is 8.55. The van der Waals surface area contributed by atoms with Crippen LogP contribution in [0, 0.1) is 5.92 Å². The van der Waals surface area contributed by atoms with E-state index < -0.39 is 12.2 Å². The van der Waals surface area contributed by atoms with Crippen molar-refractivity contribution >= 4 is 0 Å². The zero-order valence-corrected chi connectivity index (χ0v) is 15.9. The molecule has 0 unspecified atom stereocenters. The van der Waals surface area contributed by atoms with Gasteiger partial charge < -0.3 is 20.1 Å². The number of hydrogen-bond acceptors (Lipinski definition) is 4. The molecular weight excluding hydrogens is 328 g/mol. The number of aliphatic hydroxyl groups is 3. The van der Waals surface area contributed by atoms with Gasteiger partial charge in [0.15, 0.2) is 0 Å². The summed E-state index contributed by atoms with van der Waals surface area (Å²) in [7, 11) is 1.65. The SMILES string of the molecule is CCCCC[C@H](O)CCC1=C2[C@@H](Cc3c(OC)cccc3[C@H]2O)C[C@H]1O. The van der Waals surface area contributed by atoms with Crippen molar-refractivity contribution in [2.24, 2.45) is 5.92 Å². The first-order chi connectivity index (χ1) is 12.6. The summed E-state index contributed by atoms with van der Waals surface area (Å²) in [6, 6.07) is 5.79. The van der Waals surface area contributed by atoms with Crippen LogP contribution in [0.3, 0.4) is 0 Å². The molecule has 26 heavy (non-hydrogen) atoms. The molecule has 4 atom stereocenters. The number of methoxy groups -OCH3 is 1. The molecule has 0 bridgehead atoms. The average Bonchev–Trinajstić information content (AvgIpc) is 2.95. The first-order valence-electron chi connectivity index (χ1n) is 9.99. The Morgan fingerprint density at radius 1 is 1.19 bits per heavy atom. The highest BCUT2D eigenvalue weighted by molar-refractivity contribution is 5.50. The molecule has 0 fully saturated rings. The maximum Gasteiger partial charge on any atom is 0.122 e. The van der Waals surface area contributed by atoms with Gasteiger partial charge in [0.2, 0.25) is 0 Å². The number of aliphatic hydroxyl groups excluding tert-OH is 3. The zero-order chi connectivity index (χ0) is 18.7. The van der Waals surface area contributed by atoms with Crippen LogP contribution in [0.1, 0.15) is 69.1 Å². The van der Waals surface area contributed by atoms with Gasteiger partial charge in [-0.05, 0) is 60.8 Å². The van der Waals surface area contributed by atoms with Gasteiger partial charge in [-0.15, -0.1) is 0 Å². The lowest BCUT2D eigenvalue weighted by atomic mass is 9.78. The normalized spacial score (nSPS) is 25.8. The molecule has 1 aromatic rings. The fourth-order valence-corrected chi connectivity index (χ4v) is 4.66. The molecule has 0 heterocycles. The fraction of sp³-hybridized carbons (Fsp3) is 0.636. The third kappa shape index (κ3) is 3.83. The van der Waals surface area contributed by atoms with Gasteiger partial charge in [-0.3, -0.25) is 0 Å². The second-order valence-corrected chi connectivity index (χ2v) is 7.75. The highest BCUT2D eigenvalue weighted by atomic mass is 16.5. The fourth-order valence-electron chi connectivity index (χ4n) is 4.66. The molecule has 0 spiro atoms. The molecule has 0 amide bonds. The van der Waals surface area contributed by atoms with Crippen molar-refractivity contribution in [1.82, 2.24) is 0 Å². The zero-order valence-electron chi connectivity index (χ0n) is 15.9. The number of fused-ring (bicyclic) bond motifs is 2. The van der Waals surface area contributed by atoms with Gasteiger partial charge in [-0.2, -0.15) is 0 Å². The molecule has 2 aliphatic rings. The quantitative estimate of drug-likeness (QED) is 0.488. The predicted molar refractivity (Wildman–Crippen MR) is 102 cm³/mol. The summed E-state index contributed by atoms with van der Waals surface area (Å²) in [4.78, 5) is 0. The van der Waals surface area contributed by atoms with E-state index in [1.54, 1.807) is 7.11 Å².